The summed E-state index contributed by atoms with van der Waals surface area (Å²) in [7, 11) is 0. The van der Waals surface area contributed by atoms with Gasteiger partial charge in [0.05, 0.1) is 24.1 Å². The number of carbonyl (C=O) groups is 4. The van der Waals surface area contributed by atoms with Gasteiger partial charge in [0.25, 0.3) is 0 Å². The van der Waals surface area contributed by atoms with Gasteiger partial charge in [0.1, 0.15) is 10.8 Å². The van der Waals surface area contributed by atoms with Crippen LogP contribution in [0, 0.1) is 0 Å². The van der Waals surface area contributed by atoms with E-state index in [4.69, 9.17) is 13.9 Å². The number of anilines is 1. The van der Waals surface area contributed by atoms with Gasteiger partial charge < -0.3 is 19.2 Å². The van der Waals surface area contributed by atoms with Gasteiger partial charge in [-0.25, -0.2) is 15.0 Å². The number of furan rings is 1. The number of hydrazone groups is 1. The Bertz CT molecular complexity index is 1320. The van der Waals surface area contributed by atoms with Crippen LogP contribution in [0.15, 0.2) is 52.2 Å². The van der Waals surface area contributed by atoms with Gasteiger partial charge in [-0.15, -0.1) is 11.3 Å². The number of aryl methyl sites for hydroxylation is 1. The smallest absolute Gasteiger partial charge is 0.379 e. The number of thiophene rings is 1. The first-order valence-corrected chi connectivity index (χ1v) is 12.0. The Morgan fingerprint density at radius 1 is 1.06 bits per heavy atom. The maximum atomic E-state index is 12.5. The Hall–Kier alpha value is -4.25. The summed E-state index contributed by atoms with van der Waals surface area (Å²) in [5.41, 5.74) is 4.47. The van der Waals surface area contributed by atoms with Crippen molar-refractivity contribution >= 4 is 45.8 Å². The van der Waals surface area contributed by atoms with Crippen LogP contribution in [0.2, 0.25) is 0 Å². The molecule has 1 aliphatic carbocycles. The fraction of sp³-hybridized carbons (Fsp3) is 0.240. The Labute approximate surface area is 210 Å². The fourth-order valence-corrected chi connectivity index (χ4v) is 4.91. The first kappa shape index (κ1) is 24.9. The molecule has 0 unspecified atom stereocenters. The fourth-order valence-electron chi connectivity index (χ4n) is 3.64. The quantitative estimate of drug-likeness (QED) is 0.163. The third-order valence-corrected chi connectivity index (χ3v) is 6.57. The van der Waals surface area contributed by atoms with Gasteiger partial charge in [0.15, 0.2) is 0 Å². The van der Waals surface area contributed by atoms with E-state index in [1.54, 1.807) is 44.2 Å². The molecular formula is C25H23N3O7S. The molecule has 0 spiro atoms. The number of nitrogens with zero attached hydrogens (tertiary/aromatic N) is 1. The zero-order chi connectivity index (χ0) is 25.7. The molecule has 0 saturated carbocycles. The van der Waals surface area contributed by atoms with E-state index < -0.39 is 23.8 Å². The number of fused-ring (bicyclic) bond motifs is 1. The molecule has 3 aromatic rings. The molecule has 1 aliphatic rings. The highest BCUT2D eigenvalue weighted by atomic mass is 32.1. The summed E-state index contributed by atoms with van der Waals surface area (Å²) < 4.78 is 15.3. The molecule has 0 atom stereocenters. The lowest BCUT2D eigenvalue weighted by atomic mass is 10.1. The molecule has 2 amide bonds. The largest absolute Gasteiger partial charge is 0.462 e. The van der Waals surface area contributed by atoms with Crippen LogP contribution in [-0.2, 0) is 27.2 Å². The van der Waals surface area contributed by atoms with Crippen LogP contribution < -0.4 is 15.5 Å². The lowest BCUT2D eigenvalue weighted by Gasteiger charge is -2.08. The highest BCUT2D eigenvalue weighted by molar-refractivity contribution is 7.17. The van der Waals surface area contributed by atoms with Crippen LogP contribution >= 0.6 is 11.3 Å². The molecule has 186 valence electrons. The summed E-state index contributed by atoms with van der Waals surface area (Å²) in [6.45, 7) is 3.56. The molecule has 11 heteroatoms. The van der Waals surface area contributed by atoms with Crippen molar-refractivity contribution in [2.75, 3.05) is 11.9 Å². The highest BCUT2D eigenvalue weighted by Crippen LogP contribution is 2.39. The summed E-state index contributed by atoms with van der Waals surface area (Å²) in [5, 5.41) is 6.80. The van der Waals surface area contributed by atoms with Gasteiger partial charge in [-0.2, -0.15) is 5.10 Å². The Morgan fingerprint density at radius 3 is 2.53 bits per heavy atom. The molecule has 2 aromatic heterocycles. The number of hydrogen-bond acceptors (Lipinski definition) is 9. The van der Waals surface area contributed by atoms with E-state index in [1.165, 1.54) is 23.7 Å². The second-order valence-electron chi connectivity index (χ2n) is 7.77. The van der Waals surface area contributed by atoms with Crippen LogP contribution in [0.5, 0.6) is 5.75 Å². The summed E-state index contributed by atoms with van der Waals surface area (Å²) in [6, 6.07) is 9.51. The standard InChI is InChI=1S/C25H23N3O7S/c1-3-33-25(32)20-17-6-4-8-19(17)36-23(20)26-21(29)22(30)28-27-14(2)15-9-11-16(12-10-15)35-24(31)18-7-5-13-34-18/h5,7,9-13H,3-4,6,8H2,1-2H3,(H,26,29)(H,28,30)/b27-14+. The summed E-state index contributed by atoms with van der Waals surface area (Å²) in [5.74, 6) is -2.69. The predicted octanol–water partition coefficient (Wildman–Crippen LogP) is 3.70. The number of ether oxygens (including phenoxy) is 2. The molecule has 0 saturated heterocycles. The Kier molecular flexibility index (Phi) is 7.59. The first-order chi connectivity index (χ1) is 17.4. The minimum atomic E-state index is -0.985. The minimum absolute atomic E-state index is 0.0827. The predicted molar refractivity (Wildman–Crippen MR) is 131 cm³/mol. The van der Waals surface area contributed by atoms with E-state index in [0.717, 1.165) is 29.7 Å². The molecular weight excluding hydrogens is 486 g/mol. The molecule has 1 aromatic carbocycles. The van der Waals surface area contributed by atoms with Crippen LogP contribution in [0.1, 0.15) is 57.2 Å². The number of carbonyl (C=O) groups excluding carboxylic acids is 4. The van der Waals surface area contributed by atoms with Gasteiger partial charge in [-0.1, -0.05) is 0 Å². The monoisotopic (exact) mass is 509 g/mol. The number of hydrogen-bond donors (Lipinski definition) is 2. The number of amides is 2. The molecule has 2 N–H and O–H groups in total. The van der Waals surface area contributed by atoms with Gasteiger partial charge in [-0.3, -0.25) is 9.59 Å². The Morgan fingerprint density at radius 2 is 1.83 bits per heavy atom. The first-order valence-electron chi connectivity index (χ1n) is 11.2. The molecule has 36 heavy (non-hydrogen) atoms. The van der Waals surface area contributed by atoms with Gasteiger partial charge in [0, 0.05) is 4.88 Å². The van der Waals surface area contributed by atoms with Crippen LogP contribution in [-0.4, -0.2) is 36.1 Å². The van der Waals surface area contributed by atoms with E-state index in [0.29, 0.717) is 27.6 Å². The van der Waals surface area contributed by atoms with Crippen molar-refractivity contribution in [1.29, 1.82) is 0 Å². The zero-order valence-electron chi connectivity index (χ0n) is 19.6. The highest BCUT2D eigenvalue weighted by Gasteiger charge is 2.29. The summed E-state index contributed by atoms with van der Waals surface area (Å²) in [4.78, 5) is 50.2. The maximum absolute atomic E-state index is 12.5. The van der Waals surface area contributed by atoms with E-state index in [9.17, 15) is 19.2 Å². The van der Waals surface area contributed by atoms with Crippen LogP contribution in [0.25, 0.3) is 0 Å². The topological polar surface area (TPSA) is 136 Å². The van der Waals surface area contributed by atoms with E-state index >= 15 is 0 Å². The second-order valence-corrected chi connectivity index (χ2v) is 8.87. The van der Waals surface area contributed by atoms with Crippen molar-refractivity contribution in [2.45, 2.75) is 33.1 Å². The van der Waals surface area contributed by atoms with E-state index in [1.807, 2.05) is 0 Å². The van der Waals surface area contributed by atoms with E-state index in [2.05, 4.69) is 15.8 Å². The maximum Gasteiger partial charge on any atom is 0.379 e. The average Bonchev–Trinajstić information content (AvgIpc) is 3.61. The third kappa shape index (κ3) is 5.52. The van der Waals surface area contributed by atoms with Crippen LogP contribution in [0.3, 0.4) is 0 Å². The van der Waals surface area contributed by atoms with Crippen molar-refractivity contribution in [3.8, 4) is 5.75 Å². The van der Waals surface area contributed by atoms with Gasteiger partial charge in [0.2, 0.25) is 5.76 Å². The van der Waals surface area contributed by atoms with Crippen molar-refractivity contribution in [3.05, 3.63) is 70.0 Å². The molecule has 0 aliphatic heterocycles. The van der Waals surface area contributed by atoms with Crippen LogP contribution in [0.4, 0.5) is 5.00 Å². The lowest BCUT2D eigenvalue weighted by Crippen LogP contribution is -2.33. The molecule has 2 heterocycles. The van der Waals surface area contributed by atoms with Gasteiger partial charge in [-0.05, 0) is 80.6 Å². The number of nitrogens with one attached hydrogen (secondary N) is 2. The van der Waals surface area contributed by atoms with Crippen molar-refractivity contribution in [2.24, 2.45) is 5.10 Å². The molecule has 4 rings (SSSR count). The van der Waals surface area contributed by atoms with Crippen molar-refractivity contribution in [1.82, 2.24) is 5.43 Å². The molecule has 0 bridgehead atoms. The lowest BCUT2D eigenvalue weighted by molar-refractivity contribution is -0.136. The Balaban J connectivity index is 1.37. The van der Waals surface area contributed by atoms with E-state index in [-0.39, 0.29) is 12.4 Å². The second kappa shape index (κ2) is 11.0. The average molecular weight is 510 g/mol. The summed E-state index contributed by atoms with van der Waals surface area (Å²) in [6.07, 6.45) is 3.86. The molecule has 0 fully saturated rings. The SMILES string of the molecule is CCOC(=O)c1c(NC(=O)C(=O)N/N=C(\C)c2ccc(OC(=O)c3ccco3)cc2)sc2c1CCC2. The third-order valence-electron chi connectivity index (χ3n) is 5.36. The minimum Gasteiger partial charge on any atom is -0.462 e. The number of benzene rings is 1. The normalized spacial score (nSPS) is 12.6. The summed E-state index contributed by atoms with van der Waals surface area (Å²) >= 11 is 1.28. The van der Waals surface area contributed by atoms with Crippen molar-refractivity contribution in [3.63, 3.8) is 0 Å². The number of esters is 2. The molecule has 0 radical (unpaired) electrons. The van der Waals surface area contributed by atoms with Crippen molar-refractivity contribution < 1.29 is 33.1 Å². The van der Waals surface area contributed by atoms with Gasteiger partial charge >= 0.3 is 23.8 Å². The number of rotatable bonds is 7. The molecule has 10 nitrogen and oxygen atoms in total. The zero-order valence-corrected chi connectivity index (χ0v) is 20.4.